The highest BCUT2D eigenvalue weighted by Crippen LogP contribution is 2.33. The van der Waals surface area contributed by atoms with E-state index in [1.807, 2.05) is 0 Å². The van der Waals surface area contributed by atoms with E-state index in [2.05, 4.69) is 20.3 Å². The summed E-state index contributed by atoms with van der Waals surface area (Å²) in [6, 6.07) is 2.14. The van der Waals surface area contributed by atoms with E-state index < -0.39 is 23.3 Å². The zero-order valence-electron chi connectivity index (χ0n) is 14.4. The molecule has 0 bridgehead atoms. The third-order valence-electron chi connectivity index (χ3n) is 3.76. The second kappa shape index (κ2) is 7.84. The minimum atomic E-state index is -4.93. The standard InChI is InChI=1S/C16H14F4N4O4/c1-26-6-2-5-21-14-13(22-28-23-14)12-8-27-15(25)24(12)9-3-4-11(17)10(7-9)16(18,19)20/h3-4,7-8H,2,5-6H2,1H3,(H,21,23). The monoisotopic (exact) mass is 402 g/mol. The van der Waals surface area contributed by atoms with Crippen LogP contribution < -0.4 is 11.1 Å². The van der Waals surface area contributed by atoms with E-state index in [0.717, 1.165) is 16.9 Å². The van der Waals surface area contributed by atoms with E-state index in [1.165, 1.54) is 0 Å². The van der Waals surface area contributed by atoms with E-state index in [0.29, 0.717) is 31.7 Å². The van der Waals surface area contributed by atoms with Crippen molar-refractivity contribution < 1.29 is 31.3 Å². The van der Waals surface area contributed by atoms with Gasteiger partial charge in [-0.15, -0.1) is 0 Å². The molecule has 2 heterocycles. The van der Waals surface area contributed by atoms with Crippen LogP contribution in [0.4, 0.5) is 23.4 Å². The number of benzene rings is 1. The molecule has 1 N–H and O–H groups in total. The number of aromatic nitrogens is 3. The number of nitrogens with zero attached hydrogens (tertiary/aromatic N) is 3. The molecule has 0 amide bonds. The van der Waals surface area contributed by atoms with Crippen molar-refractivity contribution in [1.29, 1.82) is 0 Å². The molecule has 0 radical (unpaired) electrons. The normalized spacial score (nSPS) is 11.8. The Morgan fingerprint density at radius 2 is 2.07 bits per heavy atom. The van der Waals surface area contributed by atoms with Gasteiger partial charge in [-0.3, -0.25) is 0 Å². The van der Waals surface area contributed by atoms with E-state index in [1.54, 1.807) is 7.11 Å². The maximum atomic E-state index is 13.6. The minimum Gasteiger partial charge on any atom is -0.415 e. The molecule has 2 aromatic heterocycles. The number of alkyl halides is 3. The number of halogens is 4. The predicted molar refractivity (Wildman–Crippen MR) is 87.5 cm³/mol. The first-order valence-electron chi connectivity index (χ1n) is 7.96. The first-order chi connectivity index (χ1) is 13.3. The average molecular weight is 402 g/mol. The second-order valence-corrected chi connectivity index (χ2v) is 5.62. The van der Waals surface area contributed by atoms with Gasteiger partial charge in [0.2, 0.25) is 5.82 Å². The van der Waals surface area contributed by atoms with Crippen LogP contribution in [0.5, 0.6) is 0 Å². The average Bonchev–Trinajstić information content (AvgIpc) is 3.24. The van der Waals surface area contributed by atoms with Gasteiger partial charge in [-0.05, 0) is 34.9 Å². The Hall–Kier alpha value is -3.15. The molecule has 0 aliphatic heterocycles. The molecular formula is C16H14F4N4O4. The number of rotatable bonds is 7. The highest BCUT2D eigenvalue weighted by atomic mass is 19.4. The van der Waals surface area contributed by atoms with E-state index >= 15 is 0 Å². The van der Waals surface area contributed by atoms with Crippen LogP contribution in [-0.4, -0.2) is 35.1 Å². The maximum absolute atomic E-state index is 13.6. The first kappa shape index (κ1) is 19.6. The van der Waals surface area contributed by atoms with Crippen LogP contribution in [0.2, 0.25) is 0 Å². The van der Waals surface area contributed by atoms with Gasteiger partial charge in [0.25, 0.3) is 0 Å². The van der Waals surface area contributed by atoms with Crippen LogP contribution in [0.15, 0.2) is 38.3 Å². The fraction of sp³-hybridized carbons (Fsp3) is 0.312. The molecule has 12 heteroatoms. The number of oxazole rings is 1. The summed E-state index contributed by atoms with van der Waals surface area (Å²) in [6.45, 7) is 0.922. The van der Waals surface area contributed by atoms with Crippen molar-refractivity contribution in [2.75, 3.05) is 25.6 Å². The molecular weight excluding hydrogens is 388 g/mol. The summed E-state index contributed by atoms with van der Waals surface area (Å²) in [5.74, 6) is -2.29. The summed E-state index contributed by atoms with van der Waals surface area (Å²) >= 11 is 0. The number of ether oxygens (including phenoxy) is 1. The fourth-order valence-corrected chi connectivity index (χ4v) is 2.48. The third kappa shape index (κ3) is 3.91. The summed E-state index contributed by atoms with van der Waals surface area (Å²) in [4.78, 5) is 12.1. The van der Waals surface area contributed by atoms with Gasteiger partial charge in [-0.2, -0.15) is 13.2 Å². The molecule has 3 rings (SSSR count). The van der Waals surface area contributed by atoms with Crippen molar-refractivity contribution in [3.05, 3.63) is 46.4 Å². The molecule has 3 aromatic rings. The van der Waals surface area contributed by atoms with Crippen LogP contribution in [0.1, 0.15) is 12.0 Å². The quantitative estimate of drug-likeness (QED) is 0.479. The highest BCUT2D eigenvalue weighted by molar-refractivity contribution is 5.68. The Balaban J connectivity index is 2.01. The van der Waals surface area contributed by atoms with Crippen molar-refractivity contribution in [1.82, 2.24) is 14.9 Å². The highest BCUT2D eigenvalue weighted by Gasteiger charge is 2.35. The molecule has 0 aliphatic carbocycles. The molecule has 0 atom stereocenters. The molecule has 150 valence electrons. The van der Waals surface area contributed by atoms with Crippen molar-refractivity contribution in [2.45, 2.75) is 12.6 Å². The molecule has 28 heavy (non-hydrogen) atoms. The number of methoxy groups -OCH3 is 1. The molecule has 0 aliphatic rings. The number of hydrogen-bond donors (Lipinski definition) is 1. The van der Waals surface area contributed by atoms with Crippen LogP contribution in [0.3, 0.4) is 0 Å². The number of hydrogen-bond acceptors (Lipinski definition) is 7. The molecule has 0 unspecified atom stereocenters. The Morgan fingerprint density at radius 3 is 2.79 bits per heavy atom. The Kier molecular flexibility index (Phi) is 5.49. The maximum Gasteiger partial charge on any atom is 0.424 e. The van der Waals surface area contributed by atoms with E-state index in [4.69, 9.17) is 9.15 Å². The Morgan fingerprint density at radius 1 is 1.29 bits per heavy atom. The number of nitrogens with one attached hydrogen (secondary N) is 1. The zero-order chi connectivity index (χ0) is 20.3. The van der Waals surface area contributed by atoms with Crippen molar-refractivity contribution in [3.63, 3.8) is 0 Å². The minimum absolute atomic E-state index is 0.0137. The summed E-state index contributed by atoms with van der Waals surface area (Å²) in [7, 11) is 1.55. The summed E-state index contributed by atoms with van der Waals surface area (Å²) in [6.07, 6.45) is -3.30. The summed E-state index contributed by atoms with van der Waals surface area (Å²) < 4.78 is 67.8. The van der Waals surface area contributed by atoms with Crippen molar-refractivity contribution >= 4 is 5.82 Å². The van der Waals surface area contributed by atoms with Crippen LogP contribution in [0.25, 0.3) is 17.1 Å². The first-order valence-corrected chi connectivity index (χ1v) is 7.96. The Labute approximate surface area is 154 Å². The molecule has 1 aromatic carbocycles. The lowest BCUT2D eigenvalue weighted by Gasteiger charge is -2.11. The molecule has 8 nitrogen and oxygen atoms in total. The van der Waals surface area contributed by atoms with Gasteiger partial charge in [0.1, 0.15) is 17.8 Å². The van der Waals surface area contributed by atoms with Crippen LogP contribution in [-0.2, 0) is 10.9 Å². The topological polar surface area (TPSA) is 95.3 Å². The second-order valence-electron chi connectivity index (χ2n) is 5.62. The van der Waals surface area contributed by atoms with Gasteiger partial charge in [0.15, 0.2) is 5.69 Å². The summed E-state index contributed by atoms with van der Waals surface area (Å²) in [5.41, 5.74) is -1.74. The SMILES string of the molecule is COCCCNc1nonc1-c1coc(=O)n1-c1ccc(F)c(C(F)(F)F)c1. The van der Waals surface area contributed by atoms with Crippen molar-refractivity contribution in [2.24, 2.45) is 0 Å². The van der Waals surface area contributed by atoms with Gasteiger partial charge < -0.3 is 14.5 Å². The molecule has 0 saturated carbocycles. The molecule has 0 spiro atoms. The van der Waals surface area contributed by atoms with Crippen molar-refractivity contribution in [3.8, 4) is 17.1 Å². The van der Waals surface area contributed by atoms with Gasteiger partial charge in [-0.25, -0.2) is 18.4 Å². The van der Waals surface area contributed by atoms with Gasteiger partial charge in [0, 0.05) is 20.3 Å². The lowest BCUT2D eigenvalue weighted by molar-refractivity contribution is -0.140. The fourth-order valence-electron chi connectivity index (χ4n) is 2.48. The predicted octanol–water partition coefficient (Wildman–Crippen LogP) is 3.09. The van der Waals surface area contributed by atoms with E-state index in [9.17, 15) is 22.4 Å². The Bertz CT molecular complexity index is 1010. The number of anilines is 1. The lowest BCUT2D eigenvalue weighted by Crippen LogP contribution is -2.16. The van der Waals surface area contributed by atoms with E-state index in [-0.39, 0.29) is 22.9 Å². The van der Waals surface area contributed by atoms with Gasteiger partial charge in [0.05, 0.1) is 11.3 Å². The largest absolute Gasteiger partial charge is 0.424 e. The van der Waals surface area contributed by atoms with Crippen LogP contribution in [0, 0.1) is 5.82 Å². The van der Waals surface area contributed by atoms with Gasteiger partial charge in [-0.1, -0.05) is 0 Å². The lowest BCUT2D eigenvalue weighted by atomic mass is 10.1. The van der Waals surface area contributed by atoms with Gasteiger partial charge >= 0.3 is 11.9 Å². The molecule has 0 saturated heterocycles. The summed E-state index contributed by atoms with van der Waals surface area (Å²) in [5, 5.41) is 10.3. The van der Waals surface area contributed by atoms with Crippen LogP contribution >= 0.6 is 0 Å². The zero-order valence-corrected chi connectivity index (χ0v) is 14.4. The smallest absolute Gasteiger partial charge is 0.415 e. The third-order valence-corrected chi connectivity index (χ3v) is 3.76. The molecule has 0 fully saturated rings.